The molecule has 0 saturated heterocycles. The van der Waals surface area contributed by atoms with Gasteiger partial charge in [-0.05, 0) is 62.5 Å². The molecule has 0 N–H and O–H groups in total. The number of fused-ring (bicyclic) bond motifs is 1. The summed E-state index contributed by atoms with van der Waals surface area (Å²) in [6.07, 6.45) is 3.38. The minimum absolute atomic E-state index is 0.710. The van der Waals surface area contributed by atoms with E-state index in [2.05, 4.69) is 19.0 Å². The molecule has 0 radical (unpaired) electrons. The second-order valence-electron chi connectivity index (χ2n) is 5.08. The molecule has 94 valence electrons. The fourth-order valence-electron chi connectivity index (χ4n) is 2.74. The number of nitrogens with zero attached hydrogens (tertiary/aromatic N) is 1. The van der Waals surface area contributed by atoms with E-state index >= 15 is 0 Å². The van der Waals surface area contributed by atoms with E-state index in [-0.39, 0.29) is 0 Å². The highest BCUT2D eigenvalue weighted by Crippen LogP contribution is 2.36. The molecule has 1 aromatic carbocycles. The topological polar surface area (TPSA) is 12.5 Å². The third-order valence-corrected chi connectivity index (χ3v) is 3.82. The Morgan fingerprint density at radius 2 is 2.12 bits per heavy atom. The molecule has 3 heteroatoms. The van der Waals surface area contributed by atoms with E-state index < -0.39 is 0 Å². The zero-order valence-corrected chi connectivity index (χ0v) is 11.5. The van der Waals surface area contributed by atoms with Crippen LogP contribution in [0, 0.1) is 5.92 Å². The van der Waals surface area contributed by atoms with Gasteiger partial charge in [0.2, 0.25) is 0 Å². The molecule has 0 saturated carbocycles. The maximum absolute atomic E-state index is 6.30. The third kappa shape index (κ3) is 2.75. The number of hydrogen-bond donors (Lipinski definition) is 0. The average Bonchev–Trinajstić information content (AvgIpc) is 2.29. The van der Waals surface area contributed by atoms with Gasteiger partial charge in [0.15, 0.2) is 0 Å². The lowest BCUT2D eigenvalue weighted by molar-refractivity contribution is 0.300. The predicted molar refractivity (Wildman–Crippen MR) is 72.1 cm³/mol. The first kappa shape index (κ1) is 12.7. The van der Waals surface area contributed by atoms with Gasteiger partial charge in [-0.25, -0.2) is 0 Å². The Hall–Kier alpha value is -0.730. The van der Waals surface area contributed by atoms with Crippen molar-refractivity contribution in [3.8, 4) is 5.75 Å². The van der Waals surface area contributed by atoms with E-state index in [9.17, 15) is 0 Å². The SMILES string of the molecule is COc1ccc(Cl)c2c1CCC(CN(C)C)C2. The van der Waals surface area contributed by atoms with Gasteiger partial charge >= 0.3 is 0 Å². The molecule has 1 atom stereocenters. The Morgan fingerprint density at radius 3 is 2.76 bits per heavy atom. The van der Waals surface area contributed by atoms with Crippen molar-refractivity contribution in [2.75, 3.05) is 27.7 Å². The first-order chi connectivity index (χ1) is 8.11. The van der Waals surface area contributed by atoms with Crippen LogP contribution < -0.4 is 4.74 Å². The van der Waals surface area contributed by atoms with Gasteiger partial charge in [0, 0.05) is 11.6 Å². The van der Waals surface area contributed by atoms with E-state index in [4.69, 9.17) is 16.3 Å². The molecule has 2 nitrogen and oxygen atoms in total. The molecule has 1 aromatic rings. The van der Waals surface area contributed by atoms with Crippen molar-refractivity contribution in [1.82, 2.24) is 4.90 Å². The average molecular weight is 254 g/mol. The Labute approximate surface area is 109 Å². The summed E-state index contributed by atoms with van der Waals surface area (Å²) in [5.74, 6) is 1.70. The number of methoxy groups -OCH3 is 1. The lowest BCUT2D eigenvalue weighted by atomic mass is 9.83. The van der Waals surface area contributed by atoms with Crippen LogP contribution in [-0.2, 0) is 12.8 Å². The molecule has 1 aliphatic carbocycles. The molecule has 0 spiro atoms. The van der Waals surface area contributed by atoms with Crippen LogP contribution in [0.5, 0.6) is 5.75 Å². The summed E-state index contributed by atoms with van der Waals surface area (Å²) in [5, 5.41) is 0.893. The largest absolute Gasteiger partial charge is 0.496 e. The molecule has 2 rings (SSSR count). The monoisotopic (exact) mass is 253 g/mol. The van der Waals surface area contributed by atoms with E-state index in [1.165, 1.54) is 17.5 Å². The fourth-order valence-corrected chi connectivity index (χ4v) is 2.99. The van der Waals surface area contributed by atoms with Crippen LogP contribution in [0.4, 0.5) is 0 Å². The quantitative estimate of drug-likeness (QED) is 0.821. The highest BCUT2D eigenvalue weighted by Gasteiger charge is 2.23. The van der Waals surface area contributed by atoms with E-state index in [1.54, 1.807) is 7.11 Å². The minimum atomic E-state index is 0.710. The zero-order valence-electron chi connectivity index (χ0n) is 10.8. The predicted octanol–water partition coefficient (Wildman–Crippen LogP) is 3.02. The second kappa shape index (κ2) is 5.28. The van der Waals surface area contributed by atoms with Crippen LogP contribution in [0.3, 0.4) is 0 Å². The molecule has 0 heterocycles. The van der Waals surface area contributed by atoms with Gasteiger partial charge in [-0.1, -0.05) is 11.6 Å². The van der Waals surface area contributed by atoms with Crippen molar-refractivity contribution in [3.05, 3.63) is 28.3 Å². The minimum Gasteiger partial charge on any atom is -0.496 e. The zero-order chi connectivity index (χ0) is 12.4. The van der Waals surface area contributed by atoms with Crippen molar-refractivity contribution in [3.63, 3.8) is 0 Å². The van der Waals surface area contributed by atoms with Gasteiger partial charge in [0.05, 0.1) is 7.11 Å². The van der Waals surface area contributed by atoms with Crippen LogP contribution in [0.2, 0.25) is 5.02 Å². The van der Waals surface area contributed by atoms with Gasteiger partial charge in [0.25, 0.3) is 0 Å². The Bertz CT molecular complexity index is 403. The molecule has 1 unspecified atom stereocenters. The van der Waals surface area contributed by atoms with Crippen molar-refractivity contribution in [2.24, 2.45) is 5.92 Å². The van der Waals surface area contributed by atoms with Crippen LogP contribution in [-0.4, -0.2) is 32.6 Å². The van der Waals surface area contributed by atoms with E-state index in [0.717, 1.165) is 30.2 Å². The van der Waals surface area contributed by atoms with E-state index in [0.29, 0.717) is 5.92 Å². The third-order valence-electron chi connectivity index (χ3n) is 3.47. The van der Waals surface area contributed by atoms with Crippen molar-refractivity contribution in [1.29, 1.82) is 0 Å². The number of ether oxygens (including phenoxy) is 1. The Morgan fingerprint density at radius 1 is 1.35 bits per heavy atom. The van der Waals surface area contributed by atoms with Crippen LogP contribution >= 0.6 is 11.6 Å². The van der Waals surface area contributed by atoms with Crippen molar-refractivity contribution >= 4 is 11.6 Å². The van der Waals surface area contributed by atoms with Gasteiger partial charge in [-0.2, -0.15) is 0 Å². The lowest BCUT2D eigenvalue weighted by Crippen LogP contribution is -2.26. The van der Waals surface area contributed by atoms with Gasteiger partial charge in [-0.3, -0.25) is 0 Å². The Balaban J connectivity index is 2.25. The number of benzene rings is 1. The van der Waals surface area contributed by atoms with E-state index in [1.807, 2.05) is 12.1 Å². The summed E-state index contributed by atoms with van der Waals surface area (Å²) in [5.41, 5.74) is 2.61. The molecule has 17 heavy (non-hydrogen) atoms. The summed E-state index contributed by atoms with van der Waals surface area (Å²) >= 11 is 6.30. The van der Waals surface area contributed by atoms with Gasteiger partial charge < -0.3 is 9.64 Å². The molecular weight excluding hydrogens is 234 g/mol. The summed E-state index contributed by atoms with van der Waals surface area (Å²) in [6.45, 7) is 1.13. The summed E-state index contributed by atoms with van der Waals surface area (Å²) in [6, 6.07) is 3.94. The summed E-state index contributed by atoms with van der Waals surface area (Å²) in [7, 11) is 5.99. The van der Waals surface area contributed by atoms with Gasteiger partial charge in [0.1, 0.15) is 5.75 Å². The van der Waals surface area contributed by atoms with Crippen LogP contribution in [0.1, 0.15) is 17.5 Å². The first-order valence-corrected chi connectivity index (χ1v) is 6.48. The van der Waals surface area contributed by atoms with Crippen LogP contribution in [0.25, 0.3) is 0 Å². The molecule has 0 aromatic heterocycles. The smallest absolute Gasteiger partial charge is 0.122 e. The normalized spacial score (nSPS) is 19.2. The number of hydrogen-bond acceptors (Lipinski definition) is 2. The molecule has 1 aliphatic rings. The highest BCUT2D eigenvalue weighted by atomic mass is 35.5. The second-order valence-corrected chi connectivity index (χ2v) is 5.49. The number of halogens is 1. The summed E-state index contributed by atoms with van der Waals surface area (Å²) in [4.78, 5) is 2.25. The summed E-state index contributed by atoms with van der Waals surface area (Å²) < 4.78 is 5.41. The van der Waals surface area contributed by atoms with Crippen molar-refractivity contribution in [2.45, 2.75) is 19.3 Å². The maximum atomic E-state index is 6.30. The van der Waals surface area contributed by atoms with Gasteiger partial charge in [-0.15, -0.1) is 0 Å². The molecular formula is C14H20ClNO. The Kier molecular flexibility index (Phi) is 3.95. The van der Waals surface area contributed by atoms with Crippen LogP contribution in [0.15, 0.2) is 12.1 Å². The standard InChI is InChI=1S/C14H20ClNO/c1-16(2)9-10-4-5-11-12(8-10)13(15)6-7-14(11)17-3/h6-7,10H,4-5,8-9H2,1-3H3. The molecule has 0 amide bonds. The molecule has 0 bridgehead atoms. The fraction of sp³-hybridized carbons (Fsp3) is 0.571. The molecule has 0 fully saturated rings. The first-order valence-electron chi connectivity index (χ1n) is 6.10. The lowest BCUT2D eigenvalue weighted by Gasteiger charge is -2.28. The van der Waals surface area contributed by atoms with Crippen molar-refractivity contribution < 1.29 is 4.74 Å². The number of rotatable bonds is 3. The highest BCUT2D eigenvalue weighted by molar-refractivity contribution is 6.31. The maximum Gasteiger partial charge on any atom is 0.122 e. The molecule has 0 aliphatic heterocycles.